The van der Waals surface area contributed by atoms with Crippen molar-refractivity contribution >= 4 is 0 Å². The maximum Gasteiger partial charge on any atom is 0.416 e. The van der Waals surface area contributed by atoms with Gasteiger partial charge in [-0.25, -0.2) is 0 Å². The predicted molar refractivity (Wildman–Crippen MR) is 63.5 cm³/mol. The fourth-order valence-corrected chi connectivity index (χ4v) is 1.68. The lowest BCUT2D eigenvalue weighted by atomic mass is 10.0. The Morgan fingerprint density at radius 3 is 1.60 bits per heavy atom. The molecule has 0 saturated heterocycles. The second-order valence-corrected chi connectivity index (χ2v) is 3.98. The zero-order valence-electron chi connectivity index (χ0n) is 9.99. The second kappa shape index (κ2) is 5.48. The van der Waals surface area contributed by atoms with Gasteiger partial charge in [0, 0.05) is 0 Å². The average molecular weight is 288 g/mol. The molecule has 106 valence electrons. The van der Waals surface area contributed by atoms with Crippen LogP contribution in [-0.4, -0.2) is 6.61 Å². The molecule has 0 aliphatic carbocycles. The van der Waals surface area contributed by atoms with Gasteiger partial charge in [0.1, 0.15) is 5.75 Å². The Labute approximate surface area is 111 Å². The number of benzene rings is 2. The number of ether oxygens (including phenoxy) is 1. The SMILES string of the molecule is FC(F)Oc1ccc(-c2ccc(C(F)(F)F)cc2)cc1. The number of alkyl halides is 5. The first-order chi connectivity index (χ1) is 9.36. The number of rotatable bonds is 3. The van der Waals surface area contributed by atoms with Gasteiger partial charge in [0.25, 0.3) is 0 Å². The molecule has 0 heterocycles. The van der Waals surface area contributed by atoms with Crippen molar-refractivity contribution in [3.05, 3.63) is 54.1 Å². The number of halogens is 5. The highest BCUT2D eigenvalue weighted by Gasteiger charge is 2.29. The van der Waals surface area contributed by atoms with Crippen molar-refractivity contribution in [2.75, 3.05) is 0 Å². The summed E-state index contributed by atoms with van der Waals surface area (Å²) in [4.78, 5) is 0. The van der Waals surface area contributed by atoms with Crippen LogP contribution in [0.25, 0.3) is 11.1 Å². The molecule has 0 atom stereocenters. The van der Waals surface area contributed by atoms with Crippen LogP contribution in [0.2, 0.25) is 0 Å². The smallest absolute Gasteiger partial charge is 0.416 e. The highest BCUT2D eigenvalue weighted by Crippen LogP contribution is 2.31. The van der Waals surface area contributed by atoms with E-state index < -0.39 is 18.4 Å². The van der Waals surface area contributed by atoms with E-state index in [1.807, 2.05) is 0 Å². The molecule has 0 N–H and O–H groups in total. The topological polar surface area (TPSA) is 9.23 Å². The quantitative estimate of drug-likeness (QED) is 0.724. The molecule has 2 aromatic carbocycles. The van der Waals surface area contributed by atoms with Gasteiger partial charge >= 0.3 is 12.8 Å². The van der Waals surface area contributed by atoms with Crippen LogP contribution in [0.5, 0.6) is 5.75 Å². The lowest BCUT2D eigenvalue weighted by Crippen LogP contribution is -2.04. The van der Waals surface area contributed by atoms with Gasteiger partial charge in [0.2, 0.25) is 0 Å². The summed E-state index contributed by atoms with van der Waals surface area (Å²) in [5.74, 6) is -0.00402. The second-order valence-electron chi connectivity index (χ2n) is 3.98. The molecule has 0 fully saturated rings. The van der Waals surface area contributed by atoms with Crippen LogP contribution < -0.4 is 4.74 Å². The van der Waals surface area contributed by atoms with Crippen molar-refractivity contribution in [1.29, 1.82) is 0 Å². The van der Waals surface area contributed by atoms with Crippen LogP contribution in [0, 0.1) is 0 Å². The summed E-state index contributed by atoms with van der Waals surface area (Å²) in [7, 11) is 0. The third-order valence-corrected chi connectivity index (χ3v) is 2.63. The van der Waals surface area contributed by atoms with Gasteiger partial charge in [0.15, 0.2) is 0 Å². The van der Waals surface area contributed by atoms with Gasteiger partial charge in [-0.05, 0) is 35.4 Å². The standard InChI is InChI=1S/C14H9F5O/c15-13(16)20-12-7-3-10(4-8-12)9-1-5-11(6-2-9)14(17,18)19/h1-8,13H. The lowest BCUT2D eigenvalue weighted by molar-refractivity contribution is -0.137. The molecule has 0 spiro atoms. The Kier molecular flexibility index (Phi) is 3.92. The monoisotopic (exact) mass is 288 g/mol. The minimum absolute atomic E-state index is 0.00402. The van der Waals surface area contributed by atoms with Crippen LogP contribution in [0.3, 0.4) is 0 Å². The van der Waals surface area contributed by atoms with E-state index in [1.165, 1.54) is 36.4 Å². The minimum Gasteiger partial charge on any atom is -0.435 e. The molecular formula is C14H9F5O. The summed E-state index contributed by atoms with van der Waals surface area (Å²) in [6.07, 6.45) is -4.38. The molecule has 0 unspecified atom stereocenters. The molecule has 20 heavy (non-hydrogen) atoms. The Morgan fingerprint density at radius 1 is 0.750 bits per heavy atom. The van der Waals surface area contributed by atoms with E-state index in [0.29, 0.717) is 11.1 Å². The first-order valence-electron chi connectivity index (χ1n) is 5.59. The number of hydrogen-bond acceptors (Lipinski definition) is 1. The minimum atomic E-state index is -4.38. The van der Waals surface area contributed by atoms with Gasteiger partial charge in [-0.15, -0.1) is 0 Å². The summed E-state index contributed by atoms with van der Waals surface area (Å²) < 4.78 is 65.4. The largest absolute Gasteiger partial charge is 0.435 e. The molecule has 0 aliphatic rings. The molecule has 0 saturated carbocycles. The van der Waals surface area contributed by atoms with Crippen molar-refractivity contribution < 1.29 is 26.7 Å². The summed E-state index contributed by atoms with van der Waals surface area (Å²) in [6, 6.07) is 10.3. The third kappa shape index (κ3) is 3.46. The van der Waals surface area contributed by atoms with E-state index >= 15 is 0 Å². The molecule has 6 heteroatoms. The third-order valence-electron chi connectivity index (χ3n) is 2.63. The Balaban J connectivity index is 2.19. The van der Waals surface area contributed by atoms with E-state index in [-0.39, 0.29) is 5.75 Å². The van der Waals surface area contributed by atoms with Gasteiger partial charge in [0.05, 0.1) is 5.56 Å². The highest BCUT2D eigenvalue weighted by atomic mass is 19.4. The molecule has 0 aliphatic heterocycles. The van der Waals surface area contributed by atoms with Crippen LogP contribution >= 0.6 is 0 Å². The average Bonchev–Trinajstić information content (AvgIpc) is 2.38. The van der Waals surface area contributed by atoms with Crippen LogP contribution in [0.4, 0.5) is 22.0 Å². The molecule has 0 aromatic heterocycles. The van der Waals surface area contributed by atoms with Gasteiger partial charge in [-0.2, -0.15) is 22.0 Å². The molecule has 0 amide bonds. The van der Waals surface area contributed by atoms with E-state index in [0.717, 1.165) is 12.1 Å². The molecule has 2 aromatic rings. The van der Waals surface area contributed by atoms with Crippen LogP contribution in [0.1, 0.15) is 5.56 Å². The predicted octanol–water partition coefficient (Wildman–Crippen LogP) is 4.97. The van der Waals surface area contributed by atoms with Crippen molar-refractivity contribution in [3.8, 4) is 16.9 Å². The molecular weight excluding hydrogens is 279 g/mol. The van der Waals surface area contributed by atoms with E-state index in [4.69, 9.17) is 0 Å². The highest BCUT2D eigenvalue weighted by molar-refractivity contribution is 5.64. The summed E-state index contributed by atoms with van der Waals surface area (Å²) in [5, 5.41) is 0. The Hall–Kier alpha value is -2.11. The maximum absolute atomic E-state index is 12.4. The van der Waals surface area contributed by atoms with E-state index in [9.17, 15) is 22.0 Å². The van der Waals surface area contributed by atoms with Crippen molar-refractivity contribution in [1.82, 2.24) is 0 Å². The zero-order chi connectivity index (χ0) is 14.8. The lowest BCUT2D eigenvalue weighted by Gasteiger charge is -2.08. The van der Waals surface area contributed by atoms with Crippen molar-refractivity contribution in [2.45, 2.75) is 12.8 Å². The normalized spacial score (nSPS) is 11.7. The first-order valence-corrected chi connectivity index (χ1v) is 5.59. The van der Waals surface area contributed by atoms with Crippen LogP contribution in [0.15, 0.2) is 48.5 Å². The van der Waals surface area contributed by atoms with Gasteiger partial charge < -0.3 is 4.74 Å². The summed E-state index contributed by atoms with van der Waals surface area (Å²) in [6.45, 7) is -2.91. The zero-order valence-corrected chi connectivity index (χ0v) is 9.99. The number of hydrogen-bond donors (Lipinski definition) is 0. The van der Waals surface area contributed by atoms with Gasteiger partial charge in [-0.3, -0.25) is 0 Å². The fourth-order valence-electron chi connectivity index (χ4n) is 1.68. The molecule has 1 nitrogen and oxygen atoms in total. The molecule has 0 bridgehead atoms. The fraction of sp³-hybridized carbons (Fsp3) is 0.143. The van der Waals surface area contributed by atoms with Gasteiger partial charge in [-0.1, -0.05) is 24.3 Å². The maximum atomic E-state index is 12.4. The first kappa shape index (κ1) is 14.3. The summed E-state index contributed by atoms with van der Waals surface area (Å²) in [5.41, 5.74) is 0.431. The molecule has 2 rings (SSSR count). The van der Waals surface area contributed by atoms with Crippen LogP contribution in [-0.2, 0) is 6.18 Å². The molecule has 0 radical (unpaired) electrons. The Bertz CT molecular complexity index is 558. The Morgan fingerprint density at radius 2 is 1.20 bits per heavy atom. The summed E-state index contributed by atoms with van der Waals surface area (Å²) >= 11 is 0. The van der Waals surface area contributed by atoms with E-state index in [2.05, 4.69) is 4.74 Å². The van der Waals surface area contributed by atoms with E-state index in [1.54, 1.807) is 0 Å². The van der Waals surface area contributed by atoms with Crippen molar-refractivity contribution in [2.24, 2.45) is 0 Å². The van der Waals surface area contributed by atoms with Crippen molar-refractivity contribution in [3.63, 3.8) is 0 Å².